The third-order valence-electron chi connectivity index (χ3n) is 26.6. The van der Waals surface area contributed by atoms with Crippen LogP contribution in [0.3, 0.4) is 0 Å². The molecule has 12 heteroatoms. The highest BCUT2D eigenvalue weighted by Crippen LogP contribution is 2.68. The molecule has 84 heavy (non-hydrogen) atoms. The molecule has 14 rings (SSSR count). The fraction of sp³-hybridized carbons (Fsp3) is 0.750. The van der Waals surface area contributed by atoms with Crippen LogP contribution in [0.5, 0.6) is 0 Å². The van der Waals surface area contributed by atoms with Crippen molar-refractivity contribution in [3.63, 3.8) is 0 Å². The first-order valence-electron chi connectivity index (χ1n) is 33.9. The Hall–Kier alpha value is -4.35. The average Bonchev–Trinajstić information content (AvgIpc) is 1.69. The van der Waals surface area contributed by atoms with Gasteiger partial charge in [0.05, 0.1) is 35.5 Å². The lowest BCUT2D eigenvalue weighted by atomic mass is 9.52. The first kappa shape index (κ1) is 58.7. The molecule has 6 saturated carbocycles. The Morgan fingerprint density at radius 1 is 0.619 bits per heavy atom. The molecule has 12 nitrogen and oxygen atoms in total. The predicted molar refractivity (Wildman–Crippen MR) is 329 cm³/mol. The SMILES string of the molecule is CC1=C2C[C@H]3[C@@H](CC[C@@H]4C[C@H](N)CC[C@@]43C)[C@@H]2CC[C@@]2(C1)O[C@@H]1C[C@H](C)CN(C(=O)OCc3ccccc3)[C@H]1[C@H]2C.CC1=C2C[C@H]3[C@@H](CC[C@@H]4C[C@H](N=[N+]=[N-])CC[C@@]43C)[C@@H]2CC[C@@]2(C1)O[C@@H]1C[C@H](C)CN(C(=O)OCc3ccccc3)[C@H]1[C@H]2C. The molecule has 2 N–H and O–H groups in total. The Morgan fingerprint density at radius 2 is 1.07 bits per heavy atom. The lowest BCUT2D eigenvalue weighted by molar-refractivity contribution is -0.0803. The van der Waals surface area contributed by atoms with Crippen LogP contribution in [0, 0.1) is 81.8 Å². The van der Waals surface area contributed by atoms with Crippen LogP contribution in [0.2, 0.25) is 0 Å². The molecule has 0 unspecified atom stereocenters. The molecule has 456 valence electrons. The maximum atomic E-state index is 13.5. The number of benzene rings is 2. The van der Waals surface area contributed by atoms with Crippen molar-refractivity contribution < 1.29 is 28.5 Å². The normalized spacial score (nSPS) is 44.5. The maximum Gasteiger partial charge on any atom is 0.410 e. The summed E-state index contributed by atoms with van der Waals surface area (Å²) >= 11 is 0. The second-order valence-corrected chi connectivity index (χ2v) is 31.0. The fourth-order valence-corrected chi connectivity index (χ4v) is 22.3. The molecule has 12 aliphatic rings. The van der Waals surface area contributed by atoms with Gasteiger partial charge in [0, 0.05) is 41.9 Å². The van der Waals surface area contributed by atoms with Crippen LogP contribution >= 0.6 is 0 Å². The lowest BCUT2D eigenvalue weighted by Gasteiger charge is -2.54. The van der Waals surface area contributed by atoms with Crippen molar-refractivity contribution in [3.05, 3.63) is 105 Å². The summed E-state index contributed by atoms with van der Waals surface area (Å²) in [5, 5.41) is 4.14. The molecule has 8 aliphatic carbocycles. The van der Waals surface area contributed by atoms with Crippen LogP contribution in [0.25, 0.3) is 10.4 Å². The minimum atomic E-state index is -0.206. The summed E-state index contributed by atoms with van der Waals surface area (Å²) in [5.74, 6) is 7.43. The number of carbonyl (C=O) groups excluding carboxylic acids is 2. The molecule has 10 fully saturated rings. The van der Waals surface area contributed by atoms with E-state index in [4.69, 9.17) is 30.2 Å². The average molecular weight is 1150 g/mol. The molecule has 4 saturated heterocycles. The topological polar surface area (TPSA) is 152 Å². The zero-order valence-electron chi connectivity index (χ0n) is 52.4. The summed E-state index contributed by atoms with van der Waals surface area (Å²) in [6.07, 6.45) is 23.5. The molecule has 0 bridgehead atoms. The van der Waals surface area contributed by atoms with Crippen LogP contribution in [0.4, 0.5) is 9.59 Å². The van der Waals surface area contributed by atoms with Gasteiger partial charge in [0.25, 0.3) is 0 Å². The van der Waals surface area contributed by atoms with Gasteiger partial charge < -0.3 is 34.5 Å². The third kappa shape index (κ3) is 10.3. The van der Waals surface area contributed by atoms with Gasteiger partial charge in [0.2, 0.25) is 0 Å². The molecule has 22 atom stereocenters. The highest BCUT2D eigenvalue weighted by molar-refractivity contribution is 5.69. The van der Waals surface area contributed by atoms with Crippen molar-refractivity contribution in [1.82, 2.24) is 9.80 Å². The first-order valence-corrected chi connectivity index (χ1v) is 33.9. The number of fused-ring (bicyclic) bond motifs is 12. The predicted octanol–water partition coefficient (Wildman–Crippen LogP) is 16.3. The number of likely N-dealkylation sites (tertiary alicyclic amines) is 2. The van der Waals surface area contributed by atoms with E-state index in [-0.39, 0.29) is 59.6 Å². The van der Waals surface area contributed by atoms with E-state index in [9.17, 15) is 9.59 Å². The van der Waals surface area contributed by atoms with E-state index >= 15 is 0 Å². The zero-order valence-corrected chi connectivity index (χ0v) is 52.4. The molecule has 2 aromatic rings. The van der Waals surface area contributed by atoms with Gasteiger partial charge in [-0.05, 0) is 229 Å². The Bertz CT molecular complexity index is 2870. The van der Waals surface area contributed by atoms with Crippen LogP contribution in [-0.4, -0.2) is 82.7 Å². The lowest BCUT2D eigenvalue weighted by Crippen LogP contribution is -2.54. The summed E-state index contributed by atoms with van der Waals surface area (Å²) < 4.78 is 26.2. The van der Waals surface area contributed by atoms with E-state index in [1.165, 1.54) is 77.0 Å². The van der Waals surface area contributed by atoms with E-state index in [1.807, 2.05) is 70.5 Å². The number of azide groups is 1. The van der Waals surface area contributed by atoms with Crippen molar-refractivity contribution in [3.8, 4) is 0 Å². The molecule has 2 aromatic carbocycles. The smallest absolute Gasteiger partial charge is 0.410 e. The first-order chi connectivity index (χ1) is 40.4. The fourth-order valence-electron chi connectivity index (χ4n) is 22.3. The standard InChI is InChI=1S/C36H50N4O3.C36H52N2O3/c1-22-16-32-33(40(20-22)34(41)42-21-25-8-6-5-7-9-25)24(3)36(43-32)15-13-28-29-11-10-26-17-27(38-39-37)12-14-35(26,4)31(29)18-30(28)23(2)19-36;1-22-16-32-33(38(20-22)34(39)40-21-25-8-6-5-7-9-25)24(3)36(41-32)15-13-28-29-11-10-26-17-27(37)12-14-35(26,4)31(29)18-30(28)23(2)19-36/h5-9,22,24,26-29,31-33H,10-21H2,1-4H3;5-9,22,24,26-29,31-33H,10-21,37H2,1-4H3/t2*22-,24+,26+,27+,28-,29-,31-,32+,33-,35-,36-/m00/s1. The van der Waals surface area contributed by atoms with Gasteiger partial charge in [-0.1, -0.05) is 130 Å². The number of hydrogen-bond acceptors (Lipinski definition) is 8. The number of amides is 2. The van der Waals surface area contributed by atoms with Crippen molar-refractivity contribution in [2.75, 3.05) is 13.1 Å². The Kier molecular flexibility index (Phi) is 16.0. The molecular formula is C72H102N6O6. The number of hydrogen-bond donors (Lipinski definition) is 1. The Morgan fingerprint density at radius 3 is 1.54 bits per heavy atom. The zero-order chi connectivity index (χ0) is 58.5. The minimum absolute atomic E-state index is 0.0727. The minimum Gasteiger partial charge on any atom is -0.445 e. The second-order valence-electron chi connectivity index (χ2n) is 31.0. The Balaban J connectivity index is 0.000000157. The van der Waals surface area contributed by atoms with Crippen molar-refractivity contribution in [2.24, 2.45) is 92.7 Å². The van der Waals surface area contributed by atoms with E-state index in [2.05, 4.69) is 65.4 Å². The van der Waals surface area contributed by atoms with Crippen molar-refractivity contribution >= 4 is 12.2 Å². The monoisotopic (exact) mass is 1150 g/mol. The van der Waals surface area contributed by atoms with E-state index in [0.717, 1.165) is 111 Å². The van der Waals surface area contributed by atoms with Gasteiger partial charge in [-0.15, -0.1) is 0 Å². The van der Waals surface area contributed by atoms with Crippen LogP contribution in [0.15, 0.2) is 88.1 Å². The van der Waals surface area contributed by atoms with Gasteiger partial charge in [0.15, 0.2) is 0 Å². The number of nitrogens with zero attached hydrogens (tertiary/aromatic N) is 5. The van der Waals surface area contributed by atoms with E-state index in [1.54, 1.807) is 22.3 Å². The second kappa shape index (κ2) is 23.0. The van der Waals surface area contributed by atoms with Gasteiger partial charge in [-0.3, -0.25) is 0 Å². The number of allylic oxidation sites excluding steroid dienone is 2. The Labute approximate surface area is 503 Å². The molecule has 0 aromatic heterocycles. The largest absolute Gasteiger partial charge is 0.445 e. The quantitative estimate of drug-likeness (QED) is 0.135. The number of piperidine rings is 2. The van der Waals surface area contributed by atoms with E-state index in [0.29, 0.717) is 59.7 Å². The number of nitrogens with two attached hydrogens (primary N) is 1. The summed E-state index contributed by atoms with van der Waals surface area (Å²) in [6, 6.07) is 20.8. The van der Waals surface area contributed by atoms with Crippen LogP contribution in [-0.2, 0) is 32.2 Å². The third-order valence-corrected chi connectivity index (χ3v) is 26.6. The molecule has 4 heterocycles. The van der Waals surface area contributed by atoms with Gasteiger partial charge in [-0.2, -0.15) is 0 Å². The van der Waals surface area contributed by atoms with Crippen LogP contribution in [0.1, 0.15) is 195 Å². The summed E-state index contributed by atoms with van der Waals surface area (Å²) in [4.78, 5) is 34.3. The van der Waals surface area contributed by atoms with Gasteiger partial charge >= 0.3 is 12.2 Å². The number of ether oxygens (including phenoxy) is 4. The number of carbonyl (C=O) groups is 2. The highest BCUT2D eigenvalue weighted by atomic mass is 16.6. The van der Waals surface area contributed by atoms with Gasteiger partial charge in [-0.25, -0.2) is 9.59 Å². The molecular weight excluding hydrogens is 1040 g/mol. The maximum absolute atomic E-state index is 13.5. The van der Waals surface area contributed by atoms with Crippen LogP contribution < -0.4 is 5.73 Å². The van der Waals surface area contributed by atoms with E-state index < -0.39 is 0 Å². The number of rotatable bonds is 5. The molecule has 2 amide bonds. The van der Waals surface area contributed by atoms with Gasteiger partial charge in [0.1, 0.15) is 13.2 Å². The molecule has 4 aliphatic heterocycles. The van der Waals surface area contributed by atoms with Crippen molar-refractivity contribution in [2.45, 2.75) is 245 Å². The summed E-state index contributed by atoms with van der Waals surface area (Å²) in [6.45, 7) is 21.4. The highest BCUT2D eigenvalue weighted by Gasteiger charge is 2.63. The van der Waals surface area contributed by atoms with Crippen molar-refractivity contribution in [1.29, 1.82) is 0 Å². The summed E-state index contributed by atoms with van der Waals surface area (Å²) in [5.41, 5.74) is 24.7. The molecule has 2 spiro atoms. The molecule has 0 radical (unpaired) electrons. The summed E-state index contributed by atoms with van der Waals surface area (Å²) in [7, 11) is 0.